The van der Waals surface area contributed by atoms with Gasteiger partial charge in [0.1, 0.15) is 6.10 Å². The van der Waals surface area contributed by atoms with E-state index in [1.54, 1.807) is 6.07 Å². The molecule has 0 spiro atoms. The Kier molecular flexibility index (Phi) is 8.04. The Morgan fingerprint density at radius 2 is 1.68 bits per heavy atom. The van der Waals surface area contributed by atoms with Gasteiger partial charge < -0.3 is 18.9 Å². The zero-order chi connectivity index (χ0) is 32.2. The molecular weight excluding hydrogens is 596 g/mol. The third-order valence-corrected chi connectivity index (χ3v) is 8.30. The van der Waals surface area contributed by atoms with Gasteiger partial charge in [-0.05, 0) is 84.2 Å². The van der Waals surface area contributed by atoms with Crippen molar-refractivity contribution in [3.63, 3.8) is 0 Å². The Bertz CT molecular complexity index is 1480. The number of amides is 1. The second-order valence-corrected chi connectivity index (χ2v) is 12.1. The van der Waals surface area contributed by atoms with Crippen molar-refractivity contribution in [1.82, 2.24) is 4.90 Å². The minimum atomic E-state index is -5.04. The van der Waals surface area contributed by atoms with E-state index in [2.05, 4.69) is 13.8 Å². The van der Waals surface area contributed by atoms with Crippen LogP contribution in [0.15, 0.2) is 35.9 Å². The monoisotopic (exact) mass is 627 g/mol. The predicted molar refractivity (Wildman–Crippen MR) is 145 cm³/mol. The number of carbonyl (C=O) groups excluding carboxylic acids is 2. The summed E-state index contributed by atoms with van der Waals surface area (Å²) in [6.07, 6.45) is -10.4. The largest absolute Gasteiger partial charge is 0.469 e. The van der Waals surface area contributed by atoms with Crippen LogP contribution in [0, 0.1) is 5.41 Å². The maximum atomic E-state index is 13.5. The maximum Gasteiger partial charge on any atom is 0.416 e. The molecular formula is C31H31F6NO6. The molecule has 1 aliphatic carbocycles. The molecule has 0 aromatic heterocycles. The quantitative estimate of drug-likeness (QED) is 0.241. The Morgan fingerprint density at radius 3 is 2.30 bits per heavy atom. The first kappa shape index (κ1) is 31.5. The van der Waals surface area contributed by atoms with Crippen molar-refractivity contribution >= 4 is 17.6 Å². The van der Waals surface area contributed by atoms with Crippen LogP contribution >= 0.6 is 0 Å². The molecule has 0 radical (unpaired) electrons. The lowest BCUT2D eigenvalue weighted by molar-refractivity contribution is -0.143. The highest BCUT2D eigenvalue weighted by Crippen LogP contribution is 2.49. The average molecular weight is 628 g/mol. The standard InChI is InChI=1S/C31H31F6NO6/c1-16-26(18-10-20(30(32,33)34)12-21(11-18)31(35,36)37)44-28(40)38(16)14-19-13-29(2,3)6-5-22(19)23-7-17(9-25(39)41-4)8-24-27(23)43-15-42-24/h7-8,10-12,16,26H,5-6,9,13-15H2,1-4H3/t16-,26-/m0/s1. The SMILES string of the molecule is COC(=O)Cc1cc2c(c(C3=C(CN4C(=O)O[C@H](c5cc(C(F)(F)F)cc(C(F)(F)F)c5)[C@@H]4C)CC(C)(C)CC3)c1)OCO2. The number of esters is 1. The van der Waals surface area contributed by atoms with Crippen molar-refractivity contribution in [2.45, 2.75) is 71.0 Å². The van der Waals surface area contributed by atoms with Gasteiger partial charge in [-0.3, -0.25) is 9.69 Å². The van der Waals surface area contributed by atoms with Gasteiger partial charge >= 0.3 is 24.4 Å². The molecule has 7 nitrogen and oxygen atoms in total. The molecule has 0 unspecified atom stereocenters. The van der Waals surface area contributed by atoms with Gasteiger partial charge in [0.2, 0.25) is 6.79 Å². The van der Waals surface area contributed by atoms with Gasteiger partial charge in [0, 0.05) is 12.1 Å². The predicted octanol–water partition coefficient (Wildman–Crippen LogP) is 7.71. The highest BCUT2D eigenvalue weighted by Gasteiger charge is 2.44. The van der Waals surface area contributed by atoms with Crippen LogP contribution in [0.4, 0.5) is 31.1 Å². The number of hydrogen-bond acceptors (Lipinski definition) is 6. The van der Waals surface area contributed by atoms with Crippen LogP contribution in [0.25, 0.3) is 5.57 Å². The lowest BCUT2D eigenvalue weighted by atomic mass is 9.72. The zero-order valence-electron chi connectivity index (χ0n) is 24.4. The number of halogens is 6. The van der Waals surface area contributed by atoms with E-state index < -0.39 is 53.3 Å². The summed E-state index contributed by atoms with van der Waals surface area (Å²) in [6, 6.07) is 3.85. The number of fused-ring (bicyclic) bond motifs is 1. The molecule has 5 rings (SSSR count). The fourth-order valence-corrected chi connectivity index (χ4v) is 6.03. The van der Waals surface area contributed by atoms with E-state index in [1.807, 2.05) is 6.07 Å². The molecule has 1 saturated heterocycles. The number of rotatable bonds is 6. The lowest BCUT2D eigenvalue weighted by Gasteiger charge is -2.35. The summed E-state index contributed by atoms with van der Waals surface area (Å²) >= 11 is 0. The number of methoxy groups -OCH3 is 1. The Balaban J connectivity index is 1.53. The van der Waals surface area contributed by atoms with Gasteiger partial charge in [-0.15, -0.1) is 0 Å². The van der Waals surface area contributed by atoms with E-state index in [-0.39, 0.29) is 31.2 Å². The average Bonchev–Trinajstić information content (AvgIpc) is 3.51. The van der Waals surface area contributed by atoms with Gasteiger partial charge in [-0.25, -0.2) is 4.79 Å². The van der Waals surface area contributed by atoms with Gasteiger partial charge in [0.25, 0.3) is 0 Å². The number of allylic oxidation sites excluding steroid dienone is 1. The van der Waals surface area contributed by atoms with E-state index in [9.17, 15) is 35.9 Å². The number of benzene rings is 2. The maximum absolute atomic E-state index is 13.5. The zero-order valence-corrected chi connectivity index (χ0v) is 24.4. The van der Waals surface area contributed by atoms with Crippen LogP contribution < -0.4 is 9.47 Å². The Morgan fingerprint density at radius 1 is 1.02 bits per heavy atom. The van der Waals surface area contributed by atoms with Crippen LogP contribution in [0.5, 0.6) is 11.5 Å². The summed E-state index contributed by atoms with van der Waals surface area (Å²) in [5.41, 5.74) is -0.513. The van der Waals surface area contributed by atoms with Crippen molar-refractivity contribution in [3.05, 3.63) is 63.7 Å². The van der Waals surface area contributed by atoms with Gasteiger partial charge in [-0.2, -0.15) is 26.3 Å². The fraction of sp³-hybridized carbons (Fsp3) is 0.484. The Labute approximate surface area is 249 Å². The van der Waals surface area contributed by atoms with E-state index >= 15 is 0 Å². The number of cyclic esters (lactones) is 1. The molecule has 3 aliphatic rings. The number of alkyl halides is 6. The van der Waals surface area contributed by atoms with Gasteiger partial charge in [0.15, 0.2) is 11.5 Å². The smallest absolute Gasteiger partial charge is 0.416 e. The molecule has 0 saturated carbocycles. The number of nitrogens with zero attached hydrogens (tertiary/aromatic N) is 1. The molecule has 2 aromatic rings. The first-order chi connectivity index (χ1) is 20.5. The summed E-state index contributed by atoms with van der Waals surface area (Å²) in [5, 5.41) is 0. The topological polar surface area (TPSA) is 74.3 Å². The molecule has 2 heterocycles. The fourth-order valence-electron chi connectivity index (χ4n) is 6.03. The molecule has 2 aliphatic heterocycles. The van der Waals surface area contributed by atoms with E-state index in [1.165, 1.54) is 18.9 Å². The van der Waals surface area contributed by atoms with E-state index in [0.717, 1.165) is 17.6 Å². The summed E-state index contributed by atoms with van der Waals surface area (Å²) < 4.78 is 103. The van der Waals surface area contributed by atoms with Crippen LogP contribution in [-0.4, -0.2) is 43.5 Å². The summed E-state index contributed by atoms with van der Waals surface area (Å²) in [6.45, 7) is 5.67. The van der Waals surface area contributed by atoms with Crippen molar-refractivity contribution in [2.24, 2.45) is 5.41 Å². The minimum Gasteiger partial charge on any atom is -0.469 e. The lowest BCUT2D eigenvalue weighted by Crippen LogP contribution is -2.35. The first-order valence-electron chi connectivity index (χ1n) is 13.9. The molecule has 44 heavy (non-hydrogen) atoms. The molecule has 2 atom stereocenters. The second kappa shape index (κ2) is 11.2. The number of hydrogen-bond donors (Lipinski definition) is 0. The minimum absolute atomic E-state index is 0.0116. The van der Waals surface area contributed by atoms with Crippen LogP contribution in [0.2, 0.25) is 0 Å². The van der Waals surface area contributed by atoms with E-state index in [0.29, 0.717) is 47.6 Å². The van der Waals surface area contributed by atoms with Crippen molar-refractivity contribution in [1.29, 1.82) is 0 Å². The third kappa shape index (κ3) is 6.32. The summed E-state index contributed by atoms with van der Waals surface area (Å²) in [7, 11) is 1.28. The summed E-state index contributed by atoms with van der Waals surface area (Å²) in [5.74, 6) is 0.498. The van der Waals surface area contributed by atoms with Gasteiger partial charge in [0.05, 0.1) is 30.7 Å². The number of ether oxygens (including phenoxy) is 4. The van der Waals surface area contributed by atoms with Crippen LogP contribution in [0.3, 0.4) is 0 Å². The summed E-state index contributed by atoms with van der Waals surface area (Å²) in [4.78, 5) is 26.5. The molecule has 1 amide bonds. The van der Waals surface area contributed by atoms with E-state index in [4.69, 9.17) is 18.9 Å². The molecule has 238 valence electrons. The number of carbonyl (C=O) groups is 2. The Hall–Kier alpha value is -3.90. The molecule has 0 bridgehead atoms. The molecule has 1 fully saturated rings. The molecule has 13 heteroatoms. The first-order valence-corrected chi connectivity index (χ1v) is 13.9. The van der Waals surface area contributed by atoms with Gasteiger partial charge in [-0.1, -0.05) is 13.8 Å². The normalized spacial score (nSPS) is 21.5. The van der Waals surface area contributed by atoms with Crippen molar-refractivity contribution < 1.29 is 54.9 Å². The van der Waals surface area contributed by atoms with Crippen LogP contribution in [-0.2, 0) is 33.0 Å². The van der Waals surface area contributed by atoms with Crippen molar-refractivity contribution in [2.75, 3.05) is 20.4 Å². The van der Waals surface area contributed by atoms with Crippen molar-refractivity contribution in [3.8, 4) is 11.5 Å². The molecule has 0 N–H and O–H groups in total. The highest BCUT2D eigenvalue weighted by atomic mass is 19.4. The van der Waals surface area contributed by atoms with Crippen LogP contribution in [0.1, 0.15) is 74.0 Å². The second-order valence-electron chi connectivity index (χ2n) is 12.1. The molecule has 2 aromatic carbocycles. The highest BCUT2D eigenvalue weighted by molar-refractivity contribution is 5.80. The third-order valence-electron chi connectivity index (χ3n) is 8.30.